The number of fused-ring (bicyclic) bond motifs is 1. The topological polar surface area (TPSA) is 87.0 Å². The highest BCUT2D eigenvalue weighted by Gasteiger charge is 2.42. The van der Waals surface area contributed by atoms with Crippen molar-refractivity contribution in [3.8, 4) is 5.75 Å². The van der Waals surface area contributed by atoms with Gasteiger partial charge in [-0.05, 0) is 41.7 Å². The second-order valence-corrected chi connectivity index (χ2v) is 8.27. The largest absolute Gasteiger partial charge is 0.497 e. The summed E-state index contributed by atoms with van der Waals surface area (Å²) in [6, 6.07) is 7.50. The van der Waals surface area contributed by atoms with Crippen LogP contribution in [0.5, 0.6) is 5.75 Å². The van der Waals surface area contributed by atoms with Crippen LogP contribution in [0.1, 0.15) is 43.7 Å². The Hall–Kier alpha value is -2.67. The Kier molecular flexibility index (Phi) is 4.07. The molecule has 0 bridgehead atoms. The number of H-pyrrole nitrogens is 2. The van der Waals surface area contributed by atoms with Crippen LogP contribution in [0.4, 0.5) is 5.82 Å². The van der Waals surface area contributed by atoms with Gasteiger partial charge in [0.05, 0.1) is 12.7 Å². The Labute approximate surface area is 161 Å². The van der Waals surface area contributed by atoms with E-state index in [1.54, 1.807) is 7.11 Å². The SMILES string of the molecule is COc1cccc([C@@H]2C3=C(CC(C)(C)CC3=O)Nc3[nH]c(=S)[nH]c(=O)c32)c1. The standard InChI is InChI=1S/C20H21N3O3S/c1-20(2)8-12-15(13(24)9-20)14(10-5-4-6-11(7-10)26-3)16-17(21-12)22-19(27)23-18(16)25/h4-7,14H,8-9H2,1-3H3,(H3,21,22,23,25,27)/t14-/m1/s1. The number of anilines is 1. The maximum absolute atomic E-state index is 13.1. The highest BCUT2D eigenvalue weighted by atomic mass is 32.1. The van der Waals surface area contributed by atoms with E-state index in [0.29, 0.717) is 29.1 Å². The number of hydrogen-bond acceptors (Lipinski definition) is 5. The molecule has 1 aromatic heterocycles. The predicted octanol–water partition coefficient (Wildman–Crippen LogP) is 3.64. The van der Waals surface area contributed by atoms with Crippen LogP contribution < -0.4 is 15.6 Å². The highest BCUT2D eigenvalue weighted by Crippen LogP contribution is 2.47. The number of nitrogens with one attached hydrogen (secondary N) is 3. The fourth-order valence-corrected chi connectivity index (χ4v) is 4.30. The molecule has 0 amide bonds. The number of carbonyl (C=O) groups is 1. The molecule has 3 N–H and O–H groups in total. The third kappa shape index (κ3) is 3.02. The number of methoxy groups -OCH3 is 1. The molecule has 1 aliphatic heterocycles. The van der Waals surface area contributed by atoms with Gasteiger partial charge in [0.2, 0.25) is 0 Å². The summed E-state index contributed by atoms with van der Waals surface area (Å²) in [7, 11) is 1.60. The van der Waals surface area contributed by atoms with Crippen molar-refractivity contribution in [2.75, 3.05) is 12.4 Å². The summed E-state index contributed by atoms with van der Waals surface area (Å²) < 4.78 is 5.60. The van der Waals surface area contributed by atoms with E-state index >= 15 is 0 Å². The zero-order valence-corrected chi connectivity index (χ0v) is 16.3. The van der Waals surface area contributed by atoms with Gasteiger partial charge < -0.3 is 15.0 Å². The number of rotatable bonds is 2. The van der Waals surface area contributed by atoms with E-state index in [2.05, 4.69) is 29.1 Å². The Morgan fingerprint density at radius 3 is 2.70 bits per heavy atom. The average molecular weight is 383 g/mol. The van der Waals surface area contributed by atoms with Crippen molar-refractivity contribution in [3.63, 3.8) is 0 Å². The van der Waals surface area contributed by atoms with Gasteiger partial charge in [-0.3, -0.25) is 14.6 Å². The van der Waals surface area contributed by atoms with Crippen LogP contribution in [-0.4, -0.2) is 22.9 Å². The molecule has 27 heavy (non-hydrogen) atoms. The van der Waals surface area contributed by atoms with E-state index in [4.69, 9.17) is 17.0 Å². The lowest BCUT2D eigenvalue weighted by molar-refractivity contribution is -0.118. The van der Waals surface area contributed by atoms with Gasteiger partial charge in [-0.1, -0.05) is 26.0 Å². The number of carbonyl (C=O) groups excluding carboxylic acids is 1. The molecule has 6 nitrogen and oxygen atoms in total. The van der Waals surface area contributed by atoms with Crippen molar-refractivity contribution < 1.29 is 9.53 Å². The predicted molar refractivity (Wildman–Crippen MR) is 106 cm³/mol. The molecule has 2 aromatic rings. The summed E-state index contributed by atoms with van der Waals surface area (Å²) in [4.78, 5) is 31.6. The number of ketones is 1. The zero-order valence-electron chi connectivity index (χ0n) is 15.4. The third-order valence-electron chi connectivity index (χ3n) is 5.18. The molecule has 0 fully saturated rings. The number of hydrogen-bond donors (Lipinski definition) is 3. The molecular formula is C20H21N3O3S. The third-order valence-corrected chi connectivity index (χ3v) is 5.38. The fraction of sp³-hybridized carbons (Fsp3) is 0.350. The molecule has 2 aliphatic rings. The van der Waals surface area contributed by atoms with E-state index < -0.39 is 5.92 Å². The first-order chi connectivity index (χ1) is 12.8. The summed E-state index contributed by atoms with van der Waals surface area (Å²) >= 11 is 5.14. The molecule has 1 aromatic carbocycles. The fourth-order valence-electron chi connectivity index (χ4n) is 4.10. The summed E-state index contributed by atoms with van der Waals surface area (Å²) in [6.45, 7) is 4.15. The van der Waals surface area contributed by atoms with Gasteiger partial charge in [0.15, 0.2) is 10.6 Å². The normalized spacial score (nSPS) is 20.6. The average Bonchev–Trinajstić information content (AvgIpc) is 2.58. The summed E-state index contributed by atoms with van der Waals surface area (Å²) in [6.07, 6.45) is 1.17. The Morgan fingerprint density at radius 2 is 1.96 bits per heavy atom. The zero-order chi connectivity index (χ0) is 19.3. The van der Waals surface area contributed by atoms with Crippen LogP contribution in [-0.2, 0) is 4.79 Å². The Balaban J connectivity index is 2.00. The van der Waals surface area contributed by atoms with E-state index in [-0.39, 0.29) is 21.5 Å². The minimum Gasteiger partial charge on any atom is -0.497 e. The van der Waals surface area contributed by atoms with Crippen LogP contribution in [0.2, 0.25) is 0 Å². The van der Waals surface area contributed by atoms with Gasteiger partial charge in [0.25, 0.3) is 5.56 Å². The maximum atomic E-state index is 13.1. The molecule has 4 rings (SSSR count). The number of Topliss-reactive ketones (excluding diaryl/α,β-unsaturated/α-hetero) is 1. The Morgan fingerprint density at radius 1 is 1.19 bits per heavy atom. The summed E-state index contributed by atoms with van der Waals surface area (Å²) in [5.74, 6) is 0.832. The van der Waals surface area contributed by atoms with E-state index in [9.17, 15) is 9.59 Å². The van der Waals surface area contributed by atoms with Crippen LogP contribution >= 0.6 is 12.2 Å². The van der Waals surface area contributed by atoms with Crippen molar-refractivity contribution in [2.45, 2.75) is 32.6 Å². The van der Waals surface area contributed by atoms with Crippen LogP contribution in [0, 0.1) is 10.2 Å². The molecule has 0 radical (unpaired) electrons. The summed E-state index contributed by atoms with van der Waals surface area (Å²) in [5.41, 5.74) is 2.40. The van der Waals surface area contributed by atoms with Gasteiger partial charge in [-0.2, -0.15) is 0 Å². The minimum absolute atomic E-state index is 0.0640. The van der Waals surface area contributed by atoms with Crippen molar-refractivity contribution in [3.05, 3.63) is 61.8 Å². The van der Waals surface area contributed by atoms with Crippen LogP contribution in [0.3, 0.4) is 0 Å². The number of ether oxygens (including phenoxy) is 1. The van der Waals surface area contributed by atoms with Crippen molar-refractivity contribution in [1.82, 2.24) is 9.97 Å². The Bertz CT molecular complexity index is 1090. The minimum atomic E-state index is -0.467. The molecule has 2 heterocycles. The highest BCUT2D eigenvalue weighted by molar-refractivity contribution is 7.71. The summed E-state index contributed by atoms with van der Waals surface area (Å²) in [5, 5.41) is 3.28. The molecular weight excluding hydrogens is 362 g/mol. The first kappa shape index (κ1) is 17.7. The quantitative estimate of drug-likeness (QED) is 0.689. The maximum Gasteiger partial charge on any atom is 0.257 e. The van der Waals surface area contributed by atoms with Crippen molar-refractivity contribution in [1.29, 1.82) is 0 Å². The smallest absolute Gasteiger partial charge is 0.257 e. The van der Waals surface area contributed by atoms with Crippen LogP contribution in [0.25, 0.3) is 0 Å². The van der Waals surface area contributed by atoms with E-state index in [1.807, 2.05) is 24.3 Å². The molecule has 0 spiro atoms. The van der Waals surface area contributed by atoms with Crippen molar-refractivity contribution in [2.24, 2.45) is 5.41 Å². The van der Waals surface area contributed by atoms with E-state index in [1.165, 1.54) is 0 Å². The molecule has 1 atom stereocenters. The monoisotopic (exact) mass is 383 g/mol. The van der Waals surface area contributed by atoms with Gasteiger partial charge in [-0.25, -0.2) is 0 Å². The second kappa shape index (κ2) is 6.20. The second-order valence-electron chi connectivity index (χ2n) is 7.86. The number of benzene rings is 1. The molecule has 0 saturated heterocycles. The molecule has 140 valence electrons. The number of allylic oxidation sites excluding steroid dienone is 2. The lowest BCUT2D eigenvalue weighted by Gasteiger charge is -2.38. The molecule has 0 saturated carbocycles. The lowest BCUT2D eigenvalue weighted by atomic mass is 9.69. The van der Waals surface area contributed by atoms with Crippen molar-refractivity contribution >= 4 is 23.8 Å². The lowest BCUT2D eigenvalue weighted by Crippen LogP contribution is -2.36. The molecule has 1 aliphatic carbocycles. The molecule has 0 unspecified atom stereocenters. The molecule has 7 heteroatoms. The number of aromatic nitrogens is 2. The van der Waals surface area contributed by atoms with Crippen LogP contribution in [0.15, 0.2) is 40.3 Å². The van der Waals surface area contributed by atoms with Gasteiger partial charge in [0.1, 0.15) is 11.6 Å². The van der Waals surface area contributed by atoms with Gasteiger partial charge in [-0.15, -0.1) is 0 Å². The first-order valence-electron chi connectivity index (χ1n) is 8.83. The van der Waals surface area contributed by atoms with E-state index in [0.717, 1.165) is 17.7 Å². The van der Waals surface area contributed by atoms with Gasteiger partial charge >= 0.3 is 0 Å². The number of aromatic amines is 2. The van der Waals surface area contributed by atoms with Gasteiger partial charge in [0, 0.05) is 23.6 Å². The first-order valence-corrected chi connectivity index (χ1v) is 9.23.